The van der Waals surface area contributed by atoms with Crippen LogP contribution in [-0.2, 0) is 4.74 Å². The van der Waals surface area contributed by atoms with Gasteiger partial charge in [-0.2, -0.15) is 10.5 Å². The van der Waals surface area contributed by atoms with E-state index >= 15 is 0 Å². The van der Waals surface area contributed by atoms with Crippen molar-refractivity contribution in [3.05, 3.63) is 17.1 Å². The van der Waals surface area contributed by atoms with Crippen LogP contribution in [0.4, 0.5) is 5.82 Å². The first kappa shape index (κ1) is 15.4. The fraction of sp³-hybridized carbons (Fsp3) is 0.462. The van der Waals surface area contributed by atoms with Crippen molar-refractivity contribution >= 4 is 11.8 Å². The molecule has 20 heavy (non-hydrogen) atoms. The number of hydrogen-bond donors (Lipinski definition) is 1. The smallest absolute Gasteiger partial charge is 0.360 e. The van der Waals surface area contributed by atoms with Gasteiger partial charge in [0.2, 0.25) is 0 Å². The Kier molecular flexibility index (Phi) is 4.60. The van der Waals surface area contributed by atoms with E-state index < -0.39 is 11.5 Å². The highest BCUT2D eigenvalue weighted by atomic mass is 16.5. The lowest BCUT2D eigenvalue weighted by atomic mass is 10.1. The van der Waals surface area contributed by atoms with Crippen LogP contribution in [0.5, 0.6) is 0 Å². The Morgan fingerprint density at radius 3 is 2.25 bits per heavy atom. The molecule has 0 aliphatic rings. The number of rotatable bonds is 3. The predicted molar refractivity (Wildman–Crippen MR) is 70.8 cm³/mol. The number of carbonyl (C=O) groups is 1. The van der Waals surface area contributed by atoms with Gasteiger partial charge >= 0.3 is 5.97 Å². The minimum Gasteiger partial charge on any atom is -0.461 e. The fourth-order valence-electron chi connectivity index (χ4n) is 1.38. The quantitative estimate of drug-likeness (QED) is 0.832. The Hall–Kier alpha value is -2.67. The third kappa shape index (κ3) is 3.66. The van der Waals surface area contributed by atoms with Crippen LogP contribution in [0.1, 0.15) is 49.6 Å². The highest BCUT2D eigenvalue weighted by Gasteiger charge is 2.23. The number of ether oxygens (including phenoxy) is 1. The monoisotopic (exact) mass is 273 g/mol. The number of aromatic nitrogens is 2. The lowest BCUT2D eigenvalue weighted by molar-refractivity contribution is 0.0520. The second-order valence-corrected chi connectivity index (χ2v) is 4.94. The number of esters is 1. The van der Waals surface area contributed by atoms with E-state index in [4.69, 9.17) is 15.3 Å². The molecule has 0 fully saturated rings. The first-order chi connectivity index (χ1) is 9.32. The van der Waals surface area contributed by atoms with Gasteiger partial charge in [-0.05, 0) is 27.7 Å². The van der Waals surface area contributed by atoms with Crippen LogP contribution in [0.2, 0.25) is 0 Å². The molecule has 104 valence electrons. The molecule has 0 radical (unpaired) electrons. The lowest BCUT2D eigenvalue weighted by Crippen LogP contribution is -2.29. The largest absolute Gasteiger partial charge is 0.461 e. The summed E-state index contributed by atoms with van der Waals surface area (Å²) in [5.41, 5.74) is -0.823. The Morgan fingerprint density at radius 2 is 1.80 bits per heavy atom. The number of nitriles is 2. The summed E-state index contributed by atoms with van der Waals surface area (Å²) >= 11 is 0. The topological polar surface area (TPSA) is 112 Å². The Labute approximate surface area is 117 Å². The molecule has 0 bridgehead atoms. The molecule has 1 aromatic heterocycles. The van der Waals surface area contributed by atoms with E-state index in [9.17, 15) is 4.79 Å². The van der Waals surface area contributed by atoms with Crippen LogP contribution in [-0.4, -0.2) is 28.1 Å². The maximum absolute atomic E-state index is 11.9. The lowest BCUT2D eigenvalue weighted by Gasteiger charge is -2.22. The summed E-state index contributed by atoms with van der Waals surface area (Å²) in [5.74, 6) is -0.556. The van der Waals surface area contributed by atoms with E-state index in [-0.39, 0.29) is 29.5 Å². The second-order valence-electron chi connectivity index (χ2n) is 4.94. The van der Waals surface area contributed by atoms with Gasteiger partial charge in [0.05, 0.1) is 6.61 Å². The third-order valence-corrected chi connectivity index (χ3v) is 2.07. The van der Waals surface area contributed by atoms with Gasteiger partial charge in [-0.1, -0.05) is 0 Å². The Balaban J connectivity index is 3.42. The van der Waals surface area contributed by atoms with Crippen LogP contribution >= 0.6 is 0 Å². The van der Waals surface area contributed by atoms with Crippen molar-refractivity contribution in [2.75, 3.05) is 11.9 Å². The highest BCUT2D eigenvalue weighted by molar-refractivity contribution is 5.92. The van der Waals surface area contributed by atoms with Crippen LogP contribution in [0.15, 0.2) is 0 Å². The number of anilines is 1. The molecule has 0 spiro atoms. The molecule has 1 heterocycles. The van der Waals surface area contributed by atoms with E-state index in [0.717, 1.165) is 0 Å². The summed E-state index contributed by atoms with van der Waals surface area (Å²) in [7, 11) is 0. The SMILES string of the molecule is CCOC(=O)c1nc(C#N)c(C#N)nc1NC(C)(C)C. The van der Waals surface area contributed by atoms with Crippen molar-refractivity contribution < 1.29 is 9.53 Å². The molecule has 7 heteroatoms. The van der Waals surface area contributed by atoms with E-state index in [1.165, 1.54) is 0 Å². The molecule has 1 N–H and O–H groups in total. The standard InChI is InChI=1S/C13H15N5O2/c1-5-20-12(19)10-11(18-13(2,3)4)17-9(7-15)8(6-14)16-10/h5H2,1-4H3,(H,17,18). The fourth-order valence-corrected chi connectivity index (χ4v) is 1.38. The summed E-state index contributed by atoms with van der Waals surface area (Å²) in [6.45, 7) is 7.45. The van der Waals surface area contributed by atoms with Crippen molar-refractivity contribution in [1.29, 1.82) is 10.5 Å². The van der Waals surface area contributed by atoms with E-state index in [0.29, 0.717) is 0 Å². The van der Waals surface area contributed by atoms with Crippen LogP contribution in [0.3, 0.4) is 0 Å². The number of nitrogens with one attached hydrogen (secondary N) is 1. The van der Waals surface area contributed by atoms with Gasteiger partial charge in [-0.3, -0.25) is 0 Å². The maximum atomic E-state index is 11.9. The van der Waals surface area contributed by atoms with Gasteiger partial charge < -0.3 is 10.1 Å². The Morgan fingerprint density at radius 1 is 1.25 bits per heavy atom. The minimum absolute atomic E-state index is 0.0997. The molecule has 7 nitrogen and oxygen atoms in total. The number of carbonyl (C=O) groups excluding carboxylic acids is 1. The van der Waals surface area contributed by atoms with Gasteiger partial charge in [0, 0.05) is 5.54 Å². The van der Waals surface area contributed by atoms with Gasteiger partial charge in [-0.25, -0.2) is 14.8 Å². The van der Waals surface area contributed by atoms with Crippen LogP contribution < -0.4 is 5.32 Å². The van der Waals surface area contributed by atoms with Gasteiger partial charge in [0.15, 0.2) is 22.9 Å². The van der Waals surface area contributed by atoms with Gasteiger partial charge in [-0.15, -0.1) is 0 Å². The van der Waals surface area contributed by atoms with Gasteiger partial charge in [0.25, 0.3) is 0 Å². The average Bonchev–Trinajstić information content (AvgIpc) is 2.36. The molecule has 0 saturated carbocycles. The molecule has 1 aromatic rings. The number of hydrogen-bond acceptors (Lipinski definition) is 7. The van der Waals surface area contributed by atoms with Crippen LogP contribution in [0, 0.1) is 22.7 Å². The molecule has 1 rings (SSSR count). The zero-order valence-electron chi connectivity index (χ0n) is 11.8. The Bertz CT molecular complexity index is 605. The van der Waals surface area contributed by atoms with E-state index in [2.05, 4.69) is 15.3 Å². The van der Waals surface area contributed by atoms with Crippen LogP contribution in [0.25, 0.3) is 0 Å². The molecule has 0 unspecified atom stereocenters. The maximum Gasteiger partial charge on any atom is 0.360 e. The molecule has 0 aliphatic carbocycles. The van der Waals surface area contributed by atoms with Crippen molar-refractivity contribution in [3.8, 4) is 12.1 Å². The summed E-state index contributed by atoms with van der Waals surface area (Å²) in [5, 5.41) is 20.9. The molecular weight excluding hydrogens is 258 g/mol. The zero-order chi connectivity index (χ0) is 15.3. The molecule has 0 atom stereocenters. The molecular formula is C13H15N5O2. The predicted octanol–water partition coefficient (Wildman–Crippen LogP) is 1.61. The van der Waals surface area contributed by atoms with Gasteiger partial charge in [0.1, 0.15) is 12.1 Å². The van der Waals surface area contributed by atoms with Crippen molar-refractivity contribution in [2.24, 2.45) is 0 Å². The first-order valence-corrected chi connectivity index (χ1v) is 6.00. The molecule has 0 saturated heterocycles. The summed E-state index contributed by atoms with van der Waals surface area (Å²) in [4.78, 5) is 19.7. The van der Waals surface area contributed by atoms with E-state index in [1.807, 2.05) is 20.8 Å². The molecule has 0 aromatic carbocycles. The summed E-state index contributed by atoms with van der Waals surface area (Å²) in [6, 6.07) is 3.52. The third-order valence-electron chi connectivity index (χ3n) is 2.07. The van der Waals surface area contributed by atoms with Crippen molar-refractivity contribution in [1.82, 2.24) is 9.97 Å². The normalized spacial score (nSPS) is 10.3. The molecule has 0 aliphatic heterocycles. The zero-order valence-corrected chi connectivity index (χ0v) is 11.8. The number of nitrogens with zero attached hydrogens (tertiary/aromatic N) is 4. The summed E-state index contributed by atoms with van der Waals surface area (Å²) in [6.07, 6.45) is 0. The summed E-state index contributed by atoms with van der Waals surface area (Å²) < 4.78 is 4.88. The molecule has 0 amide bonds. The highest BCUT2D eigenvalue weighted by Crippen LogP contribution is 2.19. The van der Waals surface area contributed by atoms with E-state index in [1.54, 1.807) is 19.1 Å². The first-order valence-electron chi connectivity index (χ1n) is 6.00. The van der Waals surface area contributed by atoms with Crippen molar-refractivity contribution in [3.63, 3.8) is 0 Å². The average molecular weight is 273 g/mol. The van der Waals surface area contributed by atoms with Crippen molar-refractivity contribution in [2.45, 2.75) is 33.2 Å². The minimum atomic E-state index is -0.687. The second kappa shape index (κ2) is 5.98.